The Morgan fingerprint density at radius 1 is 0.541 bits per heavy atom. The largest absolute Gasteiger partial charge is 0.480 e. The molecule has 11 amide bonds. The fraction of sp³-hybridized carbons (Fsp3) is 0.667. The van der Waals surface area contributed by atoms with Crippen LogP contribution in [0.3, 0.4) is 0 Å². The van der Waals surface area contributed by atoms with Gasteiger partial charge in [0.05, 0.1) is 25.9 Å². The number of nitrogens with one attached hydrogen (secondary N) is 11. The van der Waals surface area contributed by atoms with Crippen LogP contribution >= 0.6 is 0 Å². The van der Waals surface area contributed by atoms with Crippen LogP contribution < -0.4 is 87.6 Å². The minimum Gasteiger partial charge on any atom is -0.480 e. The van der Waals surface area contributed by atoms with Crippen molar-refractivity contribution in [2.75, 3.05) is 26.2 Å². The van der Waals surface area contributed by atoms with Crippen molar-refractivity contribution in [2.24, 2.45) is 62.1 Å². The molecule has 0 spiro atoms. The van der Waals surface area contributed by atoms with E-state index in [1.165, 1.54) is 26.4 Å². The summed E-state index contributed by atoms with van der Waals surface area (Å²) in [5.74, 6) is -13.1. The van der Waals surface area contributed by atoms with Gasteiger partial charge >= 0.3 is 5.97 Å². The summed E-state index contributed by atoms with van der Waals surface area (Å²) in [6.45, 7) is 11.5. The third kappa shape index (κ3) is 28.9. The van der Waals surface area contributed by atoms with E-state index in [1.54, 1.807) is 41.5 Å². The van der Waals surface area contributed by atoms with Crippen LogP contribution in [0.1, 0.15) is 112 Å². The third-order valence-electron chi connectivity index (χ3n) is 12.8. The summed E-state index contributed by atoms with van der Waals surface area (Å²) in [6, 6.07) is -14.5. The Labute approximate surface area is 492 Å². The van der Waals surface area contributed by atoms with Gasteiger partial charge in [-0.05, 0) is 70.1 Å². The molecule has 25 N–H and O–H groups in total. The minimum absolute atomic E-state index is 0.0186. The standard InChI is InChI=1S/C51H90N20O14/c1-9-26(6)39(71-41(76)27(7)62-38(74)20-52)48(83)70-36(22-72)47(82)63-28(8)40(75)66-33(18-29-21-58-23-61-29)45(80)65-30(12-10-14-59-50(54)55)42(77)68-34(19-37(53)73)46(81)67-32(16-24(2)3)44(79)64-31(13-11-15-60-51(56)57)43(78)69-35(49(84)85)17-25(4)5/h21,23-28,30-36,39,72H,9-20,22,52H2,1-8H3,(H2,53,73)(H,58,61)(H,62,74)(H,63,82)(H,64,79)(H,65,80)(H,66,75)(H,67,81)(H,68,77)(H,69,78)(H,70,83)(H,71,76)(H,84,85)(H4,54,55,59)(H4,56,57,60)/t26-,27-,28-,30-,31-,32-,33-,34-,35-,36-,39-/m0/s1. The molecule has 0 unspecified atom stereocenters. The second-order valence-corrected chi connectivity index (χ2v) is 21.2. The van der Waals surface area contributed by atoms with Crippen LogP contribution in [0.5, 0.6) is 0 Å². The van der Waals surface area contributed by atoms with E-state index in [-0.39, 0.29) is 81.8 Å². The molecule has 0 fully saturated rings. The molecule has 0 saturated carbocycles. The molecule has 0 saturated heterocycles. The Kier molecular flexibility index (Phi) is 33.4. The molecule has 0 bridgehead atoms. The summed E-state index contributed by atoms with van der Waals surface area (Å²) in [5.41, 5.74) is 33.1. The molecule has 478 valence electrons. The number of aromatic nitrogens is 2. The molecule has 85 heavy (non-hydrogen) atoms. The summed E-state index contributed by atoms with van der Waals surface area (Å²) in [4.78, 5) is 175. The van der Waals surface area contributed by atoms with Crippen molar-refractivity contribution < 1.29 is 67.7 Å². The summed E-state index contributed by atoms with van der Waals surface area (Å²) in [6.07, 6.45) is 1.71. The topological polar surface area (TPSA) is 575 Å². The lowest BCUT2D eigenvalue weighted by Crippen LogP contribution is -2.61. The molecule has 1 aromatic rings. The lowest BCUT2D eigenvalue weighted by molar-refractivity contribution is -0.143. The quantitative estimate of drug-likeness (QED) is 0.0165. The van der Waals surface area contributed by atoms with Crippen LogP contribution in [-0.4, -0.2) is 190 Å². The number of aliphatic hydroxyl groups is 1. The highest BCUT2D eigenvalue weighted by Crippen LogP contribution is 2.13. The van der Waals surface area contributed by atoms with E-state index in [4.69, 9.17) is 34.4 Å². The van der Waals surface area contributed by atoms with E-state index in [9.17, 15) is 67.7 Å². The number of rotatable bonds is 40. The van der Waals surface area contributed by atoms with Gasteiger partial charge in [0.25, 0.3) is 0 Å². The smallest absolute Gasteiger partial charge is 0.326 e. The van der Waals surface area contributed by atoms with Crippen molar-refractivity contribution in [1.29, 1.82) is 0 Å². The van der Waals surface area contributed by atoms with Gasteiger partial charge in [0.15, 0.2) is 11.9 Å². The summed E-state index contributed by atoms with van der Waals surface area (Å²) in [5, 5.41) is 44.6. The minimum atomic E-state index is -1.80. The number of nitrogens with two attached hydrogens (primary N) is 6. The number of carboxylic acid groups (broad SMARTS) is 1. The number of hydrogen-bond acceptors (Lipinski definition) is 17. The molecular formula is C51H90N20O14. The summed E-state index contributed by atoms with van der Waals surface area (Å²) in [7, 11) is 0. The maximum atomic E-state index is 14.3. The van der Waals surface area contributed by atoms with E-state index in [0.717, 1.165) is 0 Å². The lowest BCUT2D eigenvalue weighted by Gasteiger charge is -2.28. The molecule has 0 aromatic carbocycles. The highest BCUT2D eigenvalue weighted by Gasteiger charge is 2.36. The van der Waals surface area contributed by atoms with Gasteiger partial charge in [0.2, 0.25) is 65.0 Å². The van der Waals surface area contributed by atoms with Crippen molar-refractivity contribution >= 4 is 82.9 Å². The number of H-pyrrole nitrogens is 1. The normalized spacial score (nSPS) is 14.9. The van der Waals surface area contributed by atoms with Crippen molar-refractivity contribution in [3.05, 3.63) is 18.2 Å². The van der Waals surface area contributed by atoms with Crippen molar-refractivity contribution in [3.8, 4) is 0 Å². The number of aliphatic carboxylic acids is 1. The van der Waals surface area contributed by atoms with Crippen molar-refractivity contribution in [3.63, 3.8) is 0 Å². The van der Waals surface area contributed by atoms with Gasteiger partial charge in [-0.25, -0.2) is 9.78 Å². The Hall–Kier alpha value is -8.69. The Morgan fingerprint density at radius 3 is 1.42 bits per heavy atom. The van der Waals surface area contributed by atoms with Gasteiger partial charge in [-0.3, -0.25) is 62.7 Å². The predicted octanol–water partition coefficient (Wildman–Crippen LogP) is -7.00. The molecule has 0 radical (unpaired) electrons. The third-order valence-corrected chi connectivity index (χ3v) is 12.8. The maximum absolute atomic E-state index is 14.3. The number of guanidine groups is 2. The molecule has 1 aromatic heterocycles. The number of carbonyl (C=O) groups excluding carboxylic acids is 11. The lowest BCUT2D eigenvalue weighted by atomic mass is 9.97. The number of aliphatic hydroxyl groups excluding tert-OH is 1. The number of imidazole rings is 1. The zero-order valence-electron chi connectivity index (χ0n) is 49.5. The molecule has 1 rings (SSSR count). The van der Waals surface area contributed by atoms with Crippen LogP contribution in [0, 0.1) is 17.8 Å². The first-order chi connectivity index (χ1) is 39.8. The molecule has 34 nitrogen and oxygen atoms in total. The number of hydrogen-bond donors (Lipinski definition) is 19. The van der Waals surface area contributed by atoms with Crippen LogP contribution in [0.25, 0.3) is 0 Å². The number of primary amides is 1. The fourth-order valence-corrected chi connectivity index (χ4v) is 8.02. The van der Waals surface area contributed by atoms with Crippen LogP contribution in [0.4, 0.5) is 0 Å². The van der Waals surface area contributed by atoms with Gasteiger partial charge in [-0.1, -0.05) is 48.0 Å². The average Bonchev–Trinajstić information content (AvgIpc) is 3.98. The number of aromatic amines is 1. The van der Waals surface area contributed by atoms with Gasteiger partial charge < -0.3 is 103 Å². The average molecular weight is 1210 g/mol. The zero-order valence-corrected chi connectivity index (χ0v) is 49.5. The predicted molar refractivity (Wildman–Crippen MR) is 309 cm³/mol. The Morgan fingerprint density at radius 2 is 0.965 bits per heavy atom. The Bertz CT molecular complexity index is 2470. The van der Waals surface area contributed by atoms with E-state index >= 15 is 0 Å². The SMILES string of the molecule is CC[C@H](C)[C@H](NC(=O)[C@H](C)NC(=O)CN)C(=O)N[C@@H](CO)C(=O)N[C@@H](C)C(=O)N[C@@H](Cc1cnc[nH]1)C(=O)N[C@@H](CCCN=C(N)N)C(=O)N[C@@H](CC(N)=O)C(=O)N[C@@H](CC(C)C)C(=O)N[C@@H](CCCN=C(N)N)C(=O)N[C@@H](CC(C)C)C(=O)O. The van der Waals surface area contributed by atoms with E-state index < -0.39 is 157 Å². The second-order valence-electron chi connectivity index (χ2n) is 21.2. The van der Waals surface area contributed by atoms with Crippen LogP contribution in [0.2, 0.25) is 0 Å². The number of carbonyl (C=O) groups is 12. The van der Waals surface area contributed by atoms with E-state index in [2.05, 4.69) is 73.1 Å². The molecule has 0 aliphatic rings. The van der Waals surface area contributed by atoms with Crippen molar-refractivity contribution in [2.45, 2.75) is 174 Å². The highest BCUT2D eigenvalue weighted by molar-refractivity contribution is 5.99. The van der Waals surface area contributed by atoms with E-state index in [0.29, 0.717) is 12.1 Å². The number of carboxylic acids is 1. The number of amides is 11. The molecular weight excluding hydrogens is 1120 g/mol. The molecule has 11 atom stereocenters. The molecule has 0 aliphatic heterocycles. The maximum Gasteiger partial charge on any atom is 0.326 e. The zero-order chi connectivity index (χ0) is 64.7. The van der Waals surface area contributed by atoms with Gasteiger partial charge in [0.1, 0.15) is 60.4 Å². The first-order valence-corrected chi connectivity index (χ1v) is 27.8. The molecule has 1 heterocycles. The van der Waals surface area contributed by atoms with Crippen molar-refractivity contribution in [1.82, 2.24) is 63.1 Å². The van der Waals surface area contributed by atoms with E-state index in [1.807, 2.05) is 0 Å². The number of aliphatic imine (C=N–C) groups is 2. The summed E-state index contributed by atoms with van der Waals surface area (Å²) >= 11 is 0. The monoisotopic (exact) mass is 1210 g/mol. The second kappa shape index (κ2) is 38.2. The number of nitrogens with zero attached hydrogens (tertiary/aromatic N) is 3. The molecule has 0 aliphatic carbocycles. The van der Waals surface area contributed by atoms with Gasteiger partial charge in [-0.15, -0.1) is 0 Å². The molecule has 34 heteroatoms. The van der Waals surface area contributed by atoms with Gasteiger partial charge in [0, 0.05) is 31.4 Å². The van der Waals surface area contributed by atoms with Crippen LogP contribution in [-0.2, 0) is 64.0 Å². The first kappa shape index (κ1) is 74.3. The van der Waals surface area contributed by atoms with Crippen LogP contribution in [0.15, 0.2) is 22.5 Å². The van der Waals surface area contributed by atoms with Gasteiger partial charge in [-0.2, -0.15) is 0 Å². The highest BCUT2D eigenvalue weighted by atomic mass is 16.4. The first-order valence-electron chi connectivity index (χ1n) is 27.8. The summed E-state index contributed by atoms with van der Waals surface area (Å²) < 4.78 is 0. The Balaban J connectivity index is 3.55. The fourth-order valence-electron chi connectivity index (χ4n) is 8.02.